The molecule has 0 aliphatic heterocycles. The lowest BCUT2D eigenvalue weighted by Gasteiger charge is -2.02. The average molecular weight is 193 g/mol. The molecule has 74 valence electrons. The number of carbonyl (C=O) groups excluding carboxylic acids is 1. The molecule has 1 heterocycles. The zero-order valence-corrected chi connectivity index (χ0v) is 8.29. The summed E-state index contributed by atoms with van der Waals surface area (Å²) in [5, 5.41) is 14.7. The van der Waals surface area contributed by atoms with Gasteiger partial charge in [0.05, 0.1) is 11.8 Å². The fraction of sp³-hybridized carbons (Fsp3) is 0.444. The van der Waals surface area contributed by atoms with E-state index >= 15 is 0 Å². The number of aromatic nitrogens is 1. The molecule has 0 saturated carbocycles. The molecule has 14 heavy (non-hydrogen) atoms. The maximum atomic E-state index is 11.3. The van der Waals surface area contributed by atoms with Crippen LogP contribution < -0.4 is 5.32 Å². The number of anilines is 1. The molecular formula is C9H11N3O2. The lowest BCUT2D eigenvalue weighted by Crippen LogP contribution is -2.19. The third-order valence-corrected chi connectivity index (χ3v) is 1.98. The van der Waals surface area contributed by atoms with Crippen molar-refractivity contribution in [2.24, 2.45) is 5.92 Å². The van der Waals surface area contributed by atoms with E-state index in [1.807, 2.05) is 6.07 Å². The Morgan fingerprint density at radius 3 is 2.71 bits per heavy atom. The van der Waals surface area contributed by atoms with E-state index in [2.05, 4.69) is 10.5 Å². The second kappa shape index (κ2) is 3.92. The number of rotatable bonds is 2. The van der Waals surface area contributed by atoms with Gasteiger partial charge in [-0.25, -0.2) is 0 Å². The van der Waals surface area contributed by atoms with Crippen LogP contribution in [0, 0.1) is 31.1 Å². The summed E-state index contributed by atoms with van der Waals surface area (Å²) in [6.45, 7) is 5.09. The van der Waals surface area contributed by atoms with E-state index < -0.39 is 5.92 Å². The van der Waals surface area contributed by atoms with Crippen molar-refractivity contribution in [2.45, 2.75) is 20.8 Å². The van der Waals surface area contributed by atoms with Crippen LogP contribution in [0.25, 0.3) is 0 Å². The quantitative estimate of drug-likeness (QED) is 0.769. The molecule has 0 aliphatic rings. The van der Waals surface area contributed by atoms with Gasteiger partial charge in [-0.3, -0.25) is 10.1 Å². The Hall–Kier alpha value is -1.83. The standard InChI is InChI=1S/C9H11N3O2/c1-5(4-10)8(13)11-9-6(2)7(3)12-14-9/h5H,1-3H3,(H,11,13). The van der Waals surface area contributed by atoms with Crippen molar-refractivity contribution in [3.05, 3.63) is 11.3 Å². The minimum absolute atomic E-state index is 0.314. The summed E-state index contributed by atoms with van der Waals surface area (Å²) in [6.07, 6.45) is 0. The predicted octanol–water partition coefficient (Wildman–Crippen LogP) is 1.39. The Balaban J connectivity index is 2.76. The van der Waals surface area contributed by atoms with Gasteiger partial charge in [-0.15, -0.1) is 0 Å². The highest BCUT2D eigenvalue weighted by Crippen LogP contribution is 2.17. The normalized spacial score (nSPS) is 11.9. The highest BCUT2D eigenvalue weighted by molar-refractivity contribution is 5.93. The van der Waals surface area contributed by atoms with E-state index in [4.69, 9.17) is 9.78 Å². The highest BCUT2D eigenvalue weighted by atomic mass is 16.5. The summed E-state index contributed by atoms with van der Waals surface area (Å²) in [6, 6.07) is 1.84. The number of carbonyl (C=O) groups is 1. The van der Waals surface area contributed by atoms with Gasteiger partial charge in [-0.05, 0) is 20.8 Å². The zero-order chi connectivity index (χ0) is 10.7. The second-order valence-corrected chi connectivity index (χ2v) is 3.06. The van der Waals surface area contributed by atoms with E-state index in [1.54, 1.807) is 13.8 Å². The van der Waals surface area contributed by atoms with Gasteiger partial charge in [-0.1, -0.05) is 5.16 Å². The predicted molar refractivity (Wildman–Crippen MR) is 49.4 cm³/mol. The van der Waals surface area contributed by atoms with Crippen LogP contribution in [0.15, 0.2) is 4.52 Å². The number of nitrogens with one attached hydrogen (secondary N) is 1. The molecule has 1 N–H and O–H groups in total. The number of hydrogen-bond acceptors (Lipinski definition) is 4. The molecule has 0 aromatic carbocycles. The first-order chi connectivity index (χ1) is 6.56. The number of hydrogen-bond donors (Lipinski definition) is 1. The van der Waals surface area contributed by atoms with Crippen LogP contribution in [0.5, 0.6) is 0 Å². The fourth-order valence-electron chi connectivity index (χ4n) is 0.811. The van der Waals surface area contributed by atoms with Crippen LogP contribution in [0.2, 0.25) is 0 Å². The van der Waals surface area contributed by atoms with E-state index in [-0.39, 0.29) is 5.91 Å². The van der Waals surface area contributed by atoms with Gasteiger partial charge in [0.2, 0.25) is 11.8 Å². The van der Waals surface area contributed by atoms with Crippen molar-refractivity contribution >= 4 is 11.8 Å². The maximum absolute atomic E-state index is 11.3. The summed E-state index contributed by atoms with van der Waals surface area (Å²) in [4.78, 5) is 11.3. The summed E-state index contributed by atoms with van der Waals surface area (Å²) in [5.74, 6) is -0.763. The number of nitriles is 1. The fourth-order valence-corrected chi connectivity index (χ4v) is 0.811. The van der Waals surface area contributed by atoms with E-state index in [1.165, 1.54) is 6.92 Å². The molecule has 1 unspecified atom stereocenters. The summed E-state index contributed by atoms with van der Waals surface area (Å²) < 4.78 is 4.87. The van der Waals surface area contributed by atoms with Crippen molar-refractivity contribution in [3.63, 3.8) is 0 Å². The Kier molecular flexibility index (Phi) is 2.87. The second-order valence-electron chi connectivity index (χ2n) is 3.06. The van der Waals surface area contributed by atoms with Crippen LogP contribution in [0.3, 0.4) is 0 Å². The lowest BCUT2D eigenvalue weighted by molar-refractivity contribution is -0.118. The molecule has 0 fully saturated rings. The van der Waals surface area contributed by atoms with Crippen LogP contribution in [0.1, 0.15) is 18.2 Å². The Morgan fingerprint density at radius 1 is 1.64 bits per heavy atom. The molecule has 1 atom stereocenters. The molecule has 1 aromatic heterocycles. The van der Waals surface area contributed by atoms with Gasteiger partial charge in [0.15, 0.2) is 0 Å². The summed E-state index contributed by atoms with van der Waals surface area (Å²) in [7, 11) is 0. The molecule has 0 bridgehead atoms. The largest absolute Gasteiger partial charge is 0.338 e. The highest BCUT2D eigenvalue weighted by Gasteiger charge is 2.16. The molecule has 1 aromatic rings. The van der Waals surface area contributed by atoms with Gasteiger partial charge in [0.1, 0.15) is 5.92 Å². The lowest BCUT2D eigenvalue weighted by atomic mass is 10.2. The van der Waals surface area contributed by atoms with Gasteiger partial charge in [0.25, 0.3) is 0 Å². The van der Waals surface area contributed by atoms with Crippen molar-refractivity contribution in [1.29, 1.82) is 5.26 Å². The van der Waals surface area contributed by atoms with Gasteiger partial charge in [0, 0.05) is 5.56 Å². The van der Waals surface area contributed by atoms with Gasteiger partial charge < -0.3 is 4.52 Å². The Labute approximate surface area is 81.7 Å². The first-order valence-electron chi connectivity index (χ1n) is 4.19. The molecule has 0 saturated heterocycles. The third kappa shape index (κ3) is 1.91. The molecule has 1 rings (SSSR count). The number of nitrogens with zero attached hydrogens (tertiary/aromatic N) is 2. The van der Waals surface area contributed by atoms with E-state index in [0.29, 0.717) is 5.88 Å². The third-order valence-electron chi connectivity index (χ3n) is 1.98. The Morgan fingerprint density at radius 2 is 2.29 bits per heavy atom. The summed E-state index contributed by atoms with van der Waals surface area (Å²) in [5.41, 5.74) is 1.51. The van der Waals surface area contributed by atoms with Gasteiger partial charge >= 0.3 is 0 Å². The molecule has 5 nitrogen and oxygen atoms in total. The van der Waals surface area contributed by atoms with E-state index in [0.717, 1.165) is 11.3 Å². The SMILES string of the molecule is Cc1noc(NC(=O)C(C)C#N)c1C. The van der Waals surface area contributed by atoms with Crippen LogP contribution in [-0.4, -0.2) is 11.1 Å². The van der Waals surface area contributed by atoms with E-state index in [9.17, 15) is 4.79 Å². The molecule has 0 radical (unpaired) electrons. The Bertz CT molecular complexity index is 389. The number of amides is 1. The smallest absolute Gasteiger partial charge is 0.243 e. The molecule has 0 aliphatic carbocycles. The topological polar surface area (TPSA) is 78.9 Å². The van der Waals surface area contributed by atoms with Crippen molar-refractivity contribution in [2.75, 3.05) is 5.32 Å². The molecule has 0 spiro atoms. The first kappa shape index (κ1) is 10.3. The van der Waals surface area contributed by atoms with Crippen LogP contribution in [-0.2, 0) is 4.79 Å². The monoisotopic (exact) mass is 193 g/mol. The van der Waals surface area contributed by atoms with Crippen molar-refractivity contribution in [1.82, 2.24) is 5.16 Å². The maximum Gasteiger partial charge on any atom is 0.243 e. The minimum atomic E-state index is -0.695. The van der Waals surface area contributed by atoms with Crippen LogP contribution in [0.4, 0.5) is 5.88 Å². The number of aryl methyl sites for hydroxylation is 1. The molecule has 5 heteroatoms. The van der Waals surface area contributed by atoms with Crippen molar-refractivity contribution < 1.29 is 9.32 Å². The summed E-state index contributed by atoms with van der Waals surface area (Å²) >= 11 is 0. The minimum Gasteiger partial charge on any atom is -0.338 e. The first-order valence-corrected chi connectivity index (χ1v) is 4.19. The van der Waals surface area contributed by atoms with Crippen molar-refractivity contribution in [3.8, 4) is 6.07 Å². The molecular weight excluding hydrogens is 182 g/mol. The zero-order valence-electron chi connectivity index (χ0n) is 8.29. The molecule has 1 amide bonds. The average Bonchev–Trinajstić information content (AvgIpc) is 2.48. The van der Waals surface area contributed by atoms with Gasteiger partial charge in [-0.2, -0.15) is 5.26 Å². The van der Waals surface area contributed by atoms with Crippen LogP contribution >= 0.6 is 0 Å².